The summed E-state index contributed by atoms with van der Waals surface area (Å²) in [5.41, 5.74) is 8.79. The van der Waals surface area contributed by atoms with Gasteiger partial charge >= 0.3 is 0 Å². The van der Waals surface area contributed by atoms with E-state index in [1.807, 2.05) is 18.2 Å². The first kappa shape index (κ1) is 11.4. The molecule has 98 valence electrons. The van der Waals surface area contributed by atoms with E-state index in [9.17, 15) is 0 Å². The van der Waals surface area contributed by atoms with Gasteiger partial charge in [0.25, 0.3) is 0 Å². The van der Waals surface area contributed by atoms with Gasteiger partial charge in [0.1, 0.15) is 11.6 Å². The maximum absolute atomic E-state index is 5.58. The van der Waals surface area contributed by atoms with Gasteiger partial charge in [0.15, 0.2) is 11.5 Å². The zero-order valence-electron chi connectivity index (χ0n) is 9.88. The molecule has 8 heteroatoms. The number of fused-ring (bicyclic) bond motifs is 1. The summed E-state index contributed by atoms with van der Waals surface area (Å²) in [5.74, 6) is 7.78. The Bertz CT molecular complexity index is 618. The van der Waals surface area contributed by atoms with Crippen molar-refractivity contribution in [1.29, 1.82) is 0 Å². The number of aromatic nitrogens is 2. The summed E-state index contributed by atoms with van der Waals surface area (Å²) < 4.78 is 10.5. The molecule has 6 N–H and O–H groups in total. The van der Waals surface area contributed by atoms with Gasteiger partial charge in [-0.1, -0.05) is 0 Å². The fraction of sp³-hybridized carbons (Fsp3) is 0.0909. The van der Waals surface area contributed by atoms with Crippen molar-refractivity contribution in [3.05, 3.63) is 24.3 Å². The number of nitrogen functional groups attached to an aromatic ring is 2. The molecule has 0 saturated carbocycles. The average Bonchev–Trinajstić information content (AvgIpc) is 2.85. The van der Waals surface area contributed by atoms with Crippen molar-refractivity contribution in [3.8, 4) is 11.5 Å². The minimum absolute atomic E-state index is 0.124. The van der Waals surface area contributed by atoms with Gasteiger partial charge < -0.3 is 25.9 Å². The maximum atomic E-state index is 5.58. The molecule has 1 aliphatic rings. The molecule has 0 fully saturated rings. The van der Waals surface area contributed by atoms with E-state index in [0.717, 1.165) is 11.4 Å². The quantitative estimate of drug-likeness (QED) is 0.473. The third kappa shape index (κ3) is 2.29. The van der Waals surface area contributed by atoms with Crippen molar-refractivity contribution >= 4 is 23.3 Å². The summed E-state index contributed by atoms with van der Waals surface area (Å²) >= 11 is 0. The summed E-state index contributed by atoms with van der Waals surface area (Å²) in [7, 11) is 0. The number of hydrogen-bond donors (Lipinski definition) is 4. The molecule has 2 heterocycles. The number of anilines is 4. The molecular formula is C11H12N6O2. The molecule has 0 unspecified atom stereocenters. The molecule has 0 saturated heterocycles. The molecule has 0 spiro atoms. The van der Waals surface area contributed by atoms with Gasteiger partial charge in [0, 0.05) is 17.8 Å². The van der Waals surface area contributed by atoms with Crippen LogP contribution < -0.4 is 31.8 Å². The Hall–Kier alpha value is -2.74. The lowest BCUT2D eigenvalue weighted by Crippen LogP contribution is -2.11. The second-order valence-electron chi connectivity index (χ2n) is 3.83. The van der Waals surface area contributed by atoms with Gasteiger partial charge in [0.05, 0.1) is 0 Å². The molecule has 2 aromatic rings. The first-order valence-corrected chi connectivity index (χ1v) is 5.52. The highest BCUT2D eigenvalue weighted by molar-refractivity contribution is 5.64. The average molecular weight is 260 g/mol. The molecule has 0 bridgehead atoms. The van der Waals surface area contributed by atoms with Crippen LogP contribution in [0.5, 0.6) is 11.5 Å². The number of rotatable bonds is 3. The fourth-order valence-electron chi connectivity index (χ4n) is 1.73. The SMILES string of the molecule is NNc1cc(Nc2ccc3c(c2)OCO3)nc(N)n1. The summed E-state index contributed by atoms with van der Waals surface area (Å²) in [6.07, 6.45) is 0. The Labute approximate surface area is 108 Å². The standard InChI is InChI=1S/C11H12N6O2/c12-11-15-9(4-10(16-11)17-13)14-6-1-2-7-8(3-6)19-5-18-7/h1-4H,5,13H2,(H4,12,14,15,16,17). The third-order valence-corrected chi connectivity index (χ3v) is 2.54. The van der Waals surface area contributed by atoms with Crippen molar-refractivity contribution in [2.45, 2.75) is 0 Å². The summed E-state index contributed by atoms with van der Waals surface area (Å²) in [4.78, 5) is 7.96. The van der Waals surface area contributed by atoms with Gasteiger partial charge in [0.2, 0.25) is 12.7 Å². The fourth-order valence-corrected chi connectivity index (χ4v) is 1.73. The zero-order valence-corrected chi connectivity index (χ0v) is 9.88. The van der Waals surface area contributed by atoms with Crippen molar-refractivity contribution in [2.75, 3.05) is 23.3 Å². The van der Waals surface area contributed by atoms with E-state index in [4.69, 9.17) is 21.1 Å². The first-order chi connectivity index (χ1) is 9.24. The van der Waals surface area contributed by atoms with Crippen LogP contribution >= 0.6 is 0 Å². The lowest BCUT2D eigenvalue weighted by atomic mass is 10.3. The molecule has 0 atom stereocenters. The maximum Gasteiger partial charge on any atom is 0.231 e. The Morgan fingerprint density at radius 1 is 1.05 bits per heavy atom. The second kappa shape index (κ2) is 4.50. The highest BCUT2D eigenvalue weighted by Crippen LogP contribution is 2.35. The van der Waals surface area contributed by atoms with Crippen LogP contribution in [0.25, 0.3) is 0 Å². The van der Waals surface area contributed by atoms with Crippen LogP contribution in [-0.4, -0.2) is 16.8 Å². The molecule has 0 aliphatic carbocycles. The van der Waals surface area contributed by atoms with Crippen LogP contribution in [0, 0.1) is 0 Å². The van der Waals surface area contributed by atoms with E-state index in [-0.39, 0.29) is 12.7 Å². The van der Waals surface area contributed by atoms with Crippen LogP contribution in [0.2, 0.25) is 0 Å². The normalized spacial score (nSPS) is 12.3. The van der Waals surface area contributed by atoms with Crippen LogP contribution in [0.1, 0.15) is 0 Å². The Balaban J connectivity index is 1.86. The molecule has 8 nitrogen and oxygen atoms in total. The van der Waals surface area contributed by atoms with E-state index in [1.54, 1.807) is 6.07 Å². The van der Waals surface area contributed by atoms with Crippen LogP contribution in [0.4, 0.5) is 23.3 Å². The molecule has 1 aromatic heterocycles. The first-order valence-electron chi connectivity index (χ1n) is 5.52. The van der Waals surface area contributed by atoms with Crippen LogP contribution in [-0.2, 0) is 0 Å². The molecular weight excluding hydrogens is 248 g/mol. The number of benzene rings is 1. The molecule has 19 heavy (non-hydrogen) atoms. The van der Waals surface area contributed by atoms with Gasteiger partial charge in [-0.3, -0.25) is 0 Å². The summed E-state index contributed by atoms with van der Waals surface area (Å²) in [6, 6.07) is 7.12. The van der Waals surface area contributed by atoms with Crippen LogP contribution in [0.15, 0.2) is 24.3 Å². The minimum atomic E-state index is 0.124. The van der Waals surface area contributed by atoms with Crippen molar-refractivity contribution in [1.82, 2.24) is 9.97 Å². The lowest BCUT2D eigenvalue weighted by molar-refractivity contribution is 0.174. The largest absolute Gasteiger partial charge is 0.454 e. The minimum Gasteiger partial charge on any atom is -0.454 e. The number of nitrogens with zero attached hydrogens (tertiary/aromatic N) is 2. The number of nitrogens with two attached hydrogens (primary N) is 2. The Morgan fingerprint density at radius 2 is 1.84 bits per heavy atom. The van der Waals surface area contributed by atoms with Crippen molar-refractivity contribution in [3.63, 3.8) is 0 Å². The molecule has 1 aliphatic heterocycles. The van der Waals surface area contributed by atoms with Crippen LogP contribution in [0.3, 0.4) is 0 Å². The van der Waals surface area contributed by atoms with Gasteiger partial charge in [-0.2, -0.15) is 9.97 Å². The molecule has 0 amide bonds. The third-order valence-electron chi connectivity index (χ3n) is 2.54. The lowest BCUT2D eigenvalue weighted by Gasteiger charge is -2.08. The molecule has 0 radical (unpaired) electrons. The molecule has 3 rings (SSSR count). The van der Waals surface area contributed by atoms with E-state index < -0.39 is 0 Å². The molecule has 1 aromatic carbocycles. The Kier molecular flexibility index (Phi) is 2.69. The van der Waals surface area contributed by atoms with Gasteiger partial charge in [-0.05, 0) is 12.1 Å². The number of hydrogen-bond acceptors (Lipinski definition) is 8. The second-order valence-corrected chi connectivity index (χ2v) is 3.83. The van der Waals surface area contributed by atoms with E-state index >= 15 is 0 Å². The van der Waals surface area contributed by atoms with E-state index in [1.165, 1.54) is 0 Å². The predicted octanol–water partition coefficient (Wildman–Crippen LogP) is 0.817. The van der Waals surface area contributed by atoms with Gasteiger partial charge in [-0.25, -0.2) is 5.84 Å². The van der Waals surface area contributed by atoms with E-state index in [2.05, 4.69) is 20.7 Å². The summed E-state index contributed by atoms with van der Waals surface area (Å²) in [5, 5.41) is 3.09. The highest BCUT2D eigenvalue weighted by Gasteiger charge is 2.13. The monoisotopic (exact) mass is 260 g/mol. The van der Waals surface area contributed by atoms with Gasteiger partial charge in [-0.15, -0.1) is 0 Å². The van der Waals surface area contributed by atoms with Crippen molar-refractivity contribution < 1.29 is 9.47 Å². The van der Waals surface area contributed by atoms with Crippen molar-refractivity contribution in [2.24, 2.45) is 5.84 Å². The highest BCUT2D eigenvalue weighted by atomic mass is 16.7. The number of hydrazine groups is 1. The predicted molar refractivity (Wildman–Crippen MR) is 70.1 cm³/mol. The topological polar surface area (TPSA) is 120 Å². The Morgan fingerprint density at radius 3 is 2.68 bits per heavy atom. The smallest absolute Gasteiger partial charge is 0.231 e. The number of ether oxygens (including phenoxy) is 2. The van der Waals surface area contributed by atoms with E-state index in [0.29, 0.717) is 17.4 Å². The zero-order chi connectivity index (χ0) is 13.2. The summed E-state index contributed by atoms with van der Waals surface area (Å²) in [6.45, 7) is 0.237. The number of nitrogens with one attached hydrogen (secondary N) is 2.